The fraction of sp³-hybridized carbons (Fsp3) is 0.182. The van der Waals surface area contributed by atoms with Gasteiger partial charge in [0.1, 0.15) is 11.6 Å². The highest BCUT2D eigenvalue weighted by Crippen LogP contribution is 2.05. The molecule has 1 aromatic heterocycles. The van der Waals surface area contributed by atoms with Crippen LogP contribution in [0.2, 0.25) is 0 Å². The number of benzene rings is 1. The van der Waals surface area contributed by atoms with Crippen LogP contribution in [0.1, 0.15) is 11.4 Å². The van der Waals surface area contributed by atoms with Gasteiger partial charge in [-0.05, 0) is 24.6 Å². The van der Waals surface area contributed by atoms with Gasteiger partial charge in [0, 0.05) is 0 Å². The van der Waals surface area contributed by atoms with Gasteiger partial charge >= 0.3 is 0 Å². The zero-order chi connectivity index (χ0) is 12.3. The molecule has 1 amide bonds. The van der Waals surface area contributed by atoms with Gasteiger partial charge in [-0.15, -0.1) is 5.10 Å². The molecular formula is C11H11FN4O. The van der Waals surface area contributed by atoms with E-state index >= 15 is 0 Å². The summed E-state index contributed by atoms with van der Waals surface area (Å²) in [5, 5.41) is 8.94. The van der Waals surface area contributed by atoms with Crippen LogP contribution in [0.3, 0.4) is 0 Å². The third-order valence-corrected chi connectivity index (χ3v) is 2.13. The number of hydrogen-bond acceptors (Lipinski definition) is 3. The zero-order valence-corrected chi connectivity index (χ0v) is 9.20. The molecule has 6 heteroatoms. The van der Waals surface area contributed by atoms with Gasteiger partial charge < -0.3 is 0 Å². The molecule has 0 bridgehead atoms. The van der Waals surface area contributed by atoms with Crippen LogP contribution in [-0.4, -0.2) is 21.1 Å². The predicted octanol–water partition coefficient (Wildman–Crippen LogP) is 1.43. The minimum Gasteiger partial charge on any atom is -0.293 e. The number of rotatable bonds is 3. The first-order valence-corrected chi connectivity index (χ1v) is 5.07. The van der Waals surface area contributed by atoms with Gasteiger partial charge in [0.05, 0.1) is 6.42 Å². The summed E-state index contributed by atoms with van der Waals surface area (Å²) in [5.41, 5.74) is 0.733. The number of aromatic amines is 1. The highest BCUT2D eigenvalue weighted by atomic mass is 19.1. The Morgan fingerprint density at radius 2 is 2.12 bits per heavy atom. The largest absolute Gasteiger partial charge is 0.293 e. The Bertz CT molecular complexity index is 521. The molecule has 0 aliphatic carbocycles. The van der Waals surface area contributed by atoms with Crippen molar-refractivity contribution in [3.05, 3.63) is 41.5 Å². The van der Waals surface area contributed by atoms with Crippen molar-refractivity contribution in [3.8, 4) is 0 Å². The standard InChI is InChI=1S/C11H11FN4O/c1-7-13-11(16-15-7)14-10(17)6-8-2-4-9(12)5-3-8/h2-5H,6H2,1H3,(H2,13,14,15,16,17). The van der Waals surface area contributed by atoms with Gasteiger partial charge in [-0.25, -0.2) is 4.39 Å². The van der Waals surface area contributed by atoms with Crippen LogP contribution in [0.4, 0.5) is 10.3 Å². The first kappa shape index (κ1) is 11.3. The average molecular weight is 234 g/mol. The average Bonchev–Trinajstić information content (AvgIpc) is 2.67. The molecule has 0 saturated heterocycles. The van der Waals surface area contributed by atoms with Crippen LogP contribution in [0.25, 0.3) is 0 Å². The highest BCUT2D eigenvalue weighted by Gasteiger charge is 2.07. The highest BCUT2D eigenvalue weighted by molar-refractivity contribution is 5.90. The number of carbonyl (C=O) groups is 1. The van der Waals surface area contributed by atoms with E-state index in [1.807, 2.05) is 0 Å². The van der Waals surface area contributed by atoms with Crippen molar-refractivity contribution in [1.29, 1.82) is 0 Å². The number of amides is 1. The van der Waals surface area contributed by atoms with E-state index in [-0.39, 0.29) is 24.1 Å². The molecular weight excluding hydrogens is 223 g/mol. The Balaban J connectivity index is 1.95. The molecule has 2 aromatic rings. The molecule has 0 saturated carbocycles. The van der Waals surface area contributed by atoms with E-state index in [0.29, 0.717) is 5.82 Å². The van der Waals surface area contributed by atoms with E-state index in [9.17, 15) is 9.18 Å². The molecule has 2 rings (SSSR count). The summed E-state index contributed by atoms with van der Waals surface area (Å²) in [4.78, 5) is 15.5. The molecule has 88 valence electrons. The number of hydrogen-bond donors (Lipinski definition) is 2. The van der Waals surface area contributed by atoms with Gasteiger partial charge in [-0.1, -0.05) is 12.1 Å². The lowest BCUT2D eigenvalue weighted by molar-refractivity contribution is -0.115. The lowest BCUT2D eigenvalue weighted by Gasteiger charge is -2.01. The van der Waals surface area contributed by atoms with Crippen molar-refractivity contribution >= 4 is 11.9 Å². The van der Waals surface area contributed by atoms with Crippen molar-refractivity contribution in [3.63, 3.8) is 0 Å². The number of H-pyrrole nitrogens is 1. The maximum absolute atomic E-state index is 12.6. The maximum Gasteiger partial charge on any atom is 0.248 e. The topological polar surface area (TPSA) is 70.7 Å². The smallest absolute Gasteiger partial charge is 0.248 e. The van der Waals surface area contributed by atoms with Crippen LogP contribution < -0.4 is 5.32 Å². The van der Waals surface area contributed by atoms with E-state index in [1.165, 1.54) is 12.1 Å². The van der Waals surface area contributed by atoms with Crippen molar-refractivity contribution in [2.24, 2.45) is 0 Å². The molecule has 17 heavy (non-hydrogen) atoms. The van der Waals surface area contributed by atoms with Gasteiger partial charge in [0.25, 0.3) is 0 Å². The minimum atomic E-state index is -0.321. The quantitative estimate of drug-likeness (QED) is 0.844. The van der Waals surface area contributed by atoms with E-state index < -0.39 is 0 Å². The van der Waals surface area contributed by atoms with Crippen LogP contribution in [-0.2, 0) is 11.2 Å². The molecule has 1 heterocycles. The van der Waals surface area contributed by atoms with E-state index in [2.05, 4.69) is 20.5 Å². The van der Waals surface area contributed by atoms with E-state index in [4.69, 9.17) is 0 Å². The first-order chi connectivity index (χ1) is 8.13. The summed E-state index contributed by atoms with van der Waals surface area (Å²) < 4.78 is 12.6. The molecule has 0 spiro atoms. The molecule has 1 aromatic carbocycles. The summed E-state index contributed by atoms with van der Waals surface area (Å²) in [5.74, 6) is 0.311. The van der Waals surface area contributed by atoms with Gasteiger partial charge in [-0.3, -0.25) is 15.2 Å². The molecule has 5 nitrogen and oxygen atoms in total. The van der Waals surface area contributed by atoms with Crippen molar-refractivity contribution in [1.82, 2.24) is 15.2 Å². The molecule has 2 N–H and O–H groups in total. The fourth-order valence-electron chi connectivity index (χ4n) is 1.36. The number of carbonyl (C=O) groups excluding carboxylic acids is 1. The number of aromatic nitrogens is 3. The molecule has 0 atom stereocenters. The number of aryl methyl sites for hydroxylation is 1. The van der Waals surface area contributed by atoms with Crippen molar-refractivity contribution in [2.45, 2.75) is 13.3 Å². The van der Waals surface area contributed by atoms with Crippen LogP contribution >= 0.6 is 0 Å². The Kier molecular flexibility index (Phi) is 3.13. The SMILES string of the molecule is Cc1nc(NC(=O)Cc2ccc(F)cc2)n[nH]1. The second-order valence-corrected chi connectivity index (χ2v) is 3.60. The van der Waals surface area contributed by atoms with Crippen molar-refractivity contribution in [2.75, 3.05) is 5.32 Å². The maximum atomic E-state index is 12.6. The minimum absolute atomic E-state index is 0.161. The second kappa shape index (κ2) is 4.73. The predicted molar refractivity (Wildman–Crippen MR) is 59.9 cm³/mol. The zero-order valence-electron chi connectivity index (χ0n) is 9.20. The third-order valence-electron chi connectivity index (χ3n) is 2.13. The van der Waals surface area contributed by atoms with Gasteiger partial charge in [0.2, 0.25) is 11.9 Å². The van der Waals surface area contributed by atoms with E-state index in [0.717, 1.165) is 5.56 Å². The van der Waals surface area contributed by atoms with Crippen LogP contribution in [0, 0.1) is 12.7 Å². The Labute approximate surface area is 97.1 Å². The van der Waals surface area contributed by atoms with E-state index in [1.54, 1.807) is 19.1 Å². The lowest BCUT2D eigenvalue weighted by atomic mass is 10.1. The number of nitrogens with zero attached hydrogens (tertiary/aromatic N) is 2. The third kappa shape index (κ3) is 3.10. The number of halogens is 1. The summed E-state index contributed by atoms with van der Waals surface area (Å²) >= 11 is 0. The molecule has 0 fully saturated rings. The van der Waals surface area contributed by atoms with Gasteiger partial charge in [0.15, 0.2) is 0 Å². The molecule has 0 radical (unpaired) electrons. The lowest BCUT2D eigenvalue weighted by Crippen LogP contribution is -2.15. The molecule has 0 aliphatic rings. The summed E-state index contributed by atoms with van der Waals surface area (Å²) in [7, 11) is 0. The first-order valence-electron chi connectivity index (χ1n) is 5.07. The van der Waals surface area contributed by atoms with Crippen LogP contribution in [0.15, 0.2) is 24.3 Å². The summed E-state index contributed by atoms with van der Waals surface area (Å²) in [6, 6.07) is 5.77. The normalized spacial score (nSPS) is 10.2. The van der Waals surface area contributed by atoms with Crippen molar-refractivity contribution < 1.29 is 9.18 Å². The summed E-state index contributed by atoms with van der Waals surface area (Å²) in [6.45, 7) is 1.74. The number of anilines is 1. The second-order valence-electron chi connectivity index (χ2n) is 3.60. The fourth-order valence-corrected chi connectivity index (χ4v) is 1.36. The van der Waals surface area contributed by atoms with Crippen LogP contribution in [0.5, 0.6) is 0 Å². The molecule has 0 unspecified atom stereocenters. The monoisotopic (exact) mass is 234 g/mol. The number of nitrogens with one attached hydrogen (secondary N) is 2. The summed E-state index contributed by atoms with van der Waals surface area (Å²) in [6.07, 6.45) is 0.161. The Hall–Kier alpha value is -2.24. The Morgan fingerprint density at radius 1 is 1.41 bits per heavy atom. The molecule has 0 aliphatic heterocycles. The van der Waals surface area contributed by atoms with Gasteiger partial charge in [-0.2, -0.15) is 4.98 Å². The Morgan fingerprint density at radius 3 is 2.71 bits per heavy atom.